The second-order valence-corrected chi connectivity index (χ2v) is 5.84. The molecule has 2 heterocycles. The Bertz CT molecular complexity index is 359. The van der Waals surface area contributed by atoms with Crippen LogP contribution < -0.4 is 5.73 Å². The van der Waals surface area contributed by atoms with Gasteiger partial charge < -0.3 is 10.2 Å². The molecule has 3 heteroatoms. The molecule has 1 atom stereocenters. The van der Waals surface area contributed by atoms with Crippen LogP contribution in [0.5, 0.6) is 0 Å². The summed E-state index contributed by atoms with van der Waals surface area (Å²) in [6, 6.07) is 2.09. The quantitative estimate of drug-likeness (QED) is 0.893. The SMILES string of the molecule is CC(C)C1CCCN(Cc2cc(CN)co2)CC1. The first-order chi connectivity index (χ1) is 8.69. The van der Waals surface area contributed by atoms with Crippen LogP contribution in [0.1, 0.15) is 44.4 Å². The fourth-order valence-corrected chi connectivity index (χ4v) is 2.84. The average Bonchev–Trinajstić information content (AvgIpc) is 2.66. The van der Waals surface area contributed by atoms with Crippen molar-refractivity contribution in [3.63, 3.8) is 0 Å². The molecule has 0 amide bonds. The smallest absolute Gasteiger partial charge is 0.118 e. The Kier molecular flexibility index (Phi) is 4.84. The van der Waals surface area contributed by atoms with Crippen LogP contribution in [0.25, 0.3) is 0 Å². The highest BCUT2D eigenvalue weighted by Crippen LogP contribution is 2.25. The van der Waals surface area contributed by atoms with Crippen molar-refractivity contribution in [3.8, 4) is 0 Å². The Labute approximate surface area is 110 Å². The van der Waals surface area contributed by atoms with Crippen molar-refractivity contribution >= 4 is 0 Å². The molecule has 1 fully saturated rings. The Balaban J connectivity index is 1.86. The molecule has 0 bridgehead atoms. The van der Waals surface area contributed by atoms with Gasteiger partial charge in [0.1, 0.15) is 5.76 Å². The normalized spacial score (nSPS) is 22.3. The van der Waals surface area contributed by atoms with Gasteiger partial charge in [0.2, 0.25) is 0 Å². The van der Waals surface area contributed by atoms with Gasteiger partial charge in [-0.15, -0.1) is 0 Å². The molecular formula is C15H26N2O. The maximum Gasteiger partial charge on any atom is 0.118 e. The van der Waals surface area contributed by atoms with Crippen molar-refractivity contribution in [2.24, 2.45) is 17.6 Å². The lowest BCUT2D eigenvalue weighted by Crippen LogP contribution is -2.24. The highest BCUT2D eigenvalue weighted by atomic mass is 16.3. The van der Waals surface area contributed by atoms with Crippen LogP contribution in [0, 0.1) is 11.8 Å². The van der Waals surface area contributed by atoms with Gasteiger partial charge in [-0.25, -0.2) is 0 Å². The molecule has 3 nitrogen and oxygen atoms in total. The number of likely N-dealkylation sites (tertiary alicyclic amines) is 1. The van der Waals surface area contributed by atoms with Crippen LogP contribution >= 0.6 is 0 Å². The van der Waals surface area contributed by atoms with Crippen LogP contribution in [0.4, 0.5) is 0 Å². The molecule has 18 heavy (non-hydrogen) atoms. The third kappa shape index (κ3) is 3.59. The molecule has 0 aromatic carbocycles. The summed E-state index contributed by atoms with van der Waals surface area (Å²) in [7, 11) is 0. The van der Waals surface area contributed by atoms with Crippen LogP contribution in [0.3, 0.4) is 0 Å². The Morgan fingerprint density at radius 3 is 2.89 bits per heavy atom. The zero-order chi connectivity index (χ0) is 13.0. The fourth-order valence-electron chi connectivity index (χ4n) is 2.84. The van der Waals surface area contributed by atoms with Crippen molar-refractivity contribution in [3.05, 3.63) is 23.7 Å². The van der Waals surface area contributed by atoms with Crippen molar-refractivity contribution < 1.29 is 4.42 Å². The zero-order valence-corrected chi connectivity index (χ0v) is 11.7. The van der Waals surface area contributed by atoms with Crippen LogP contribution in [0.15, 0.2) is 16.7 Å². The number of nitrogens with two attached hydrogens (primary N) is 1. The van der Waals surface area contributed by atoms with Gasteiger partial charge in [0, 0.05) is 12.1 Å². The van der Waals surface area contributed by atoms with Crippen molar-refractivity contribution in [2.75, 3.05) is 13.1 Å². The lowest BCUT2D eigenvalue weighted by atomic mass is 9.89. The van der Waals surface area contributed by atoms with E-state index >= 15 is 0 Å². The van der Waals surface area contributed by atoms with E-state index in [1.165, 1.54) is 32.4 Å². The molecule has 102 valence electrons. The zero-order valence-electron chi connectivity index (χ0n) is 11.7. The maximum atomic E-state index is 5.60. The monoisotopic (exact) mass is 250 g/mol. The predicted molar refractivity (Wildman–Crippen MR) is 74.1 cm³/mol. The first-order valence-corrected chi connectivity index (χ1v) is 7.17. The van der Waals surface area contributed by atoms with Crippen LogP contribution in [-0.4, -0.2) is 18.0 Å². The Hall–Kier alpha value is -0.800. The summed E-state index contributed by atoms with van der Waals surface area (Å²) in [5, 5.41) is 0. The summed E-state index contributed by atoms with van der Waals surface area (Å²) in [6.07, 6.45) is 5.79. The lowest BCUT2D eigenvalue weighted by Gasteiger charge is -2.20. The molecule has 1 aromatic rings. The Morgan fingerprint density at radius 2 is 2.22 bits per heavy atom. The minimum Gasteiger partial charge on any atom is -0.468 e. The first kappa shape index (κ1) is 13.6. The first-order valence-electron chi connectivity index (χ1n) is 7.17. The summed E-state index contributed by atoms with van der Waals surface area (Å²) in [5.41, 5.74) is 6.70. The number of furan rings is 1. The topological polar surface area (TPSA) is 42.4 Å². The molecule has 0 spiro atoms. The van der Waals surface area contributed by atoms with Gasteiger partial charge in [-0.2, -0.15) is 0 Å². The molecule has 1 saturated heterocycles. The summed E-state index contributed by atoms with van der Waals surface area (Å²) in [5.74, 6) is 2.77. The van der Waals surface area contributed by atoms with Gasteiger partial charge in [0.05, 0.1) is 12.8 Å². The van der Waals surface area contributed by atoms with E-state index in [1.807, 2.05) is 0 Å². The van der Waals surface area contributed by atoms with Gasteiger partial charge in [-0.05, 0) is 50.3 Å². The molecule has 1 aliphatic rings. The highest BCUT2D eigenvalue weighted by Gasteiger charge is 2.20. The molecule has 0 radical (unpaired) electrons. The molecular weight excluding hydrogens is 224 g/mol. The standard InChI is InChI=1S/C15H26N2O/c1-12(2)14-4-3-6-17(7-5-14)10-15-8-13(9-16)11-18-15/h8,11-12,14H,3-7,9-10,16H2,1-2H3. The molecule has 1 aromatic heterocycles. The fraction of sp³-hybridized carbons (Fsp3) is 0.733. The minimum absolute atomic E-state index is 0.568. The minimum atomic E-state index is 0.568. The van der Waals surface area contributed by atoms with E-state index in [2.05, 4.69) is 24.8 Å². The number of nitrogens with zero attached hydrogens (tertiary/aromatic N) is 1. The second-order valence-electron chi connectivity index (χ2n) is 5.84. The molecule has 0 aliphatic carbocycles. The van der Waals surface area contributed by atoms with Gasteiger partial charge >= 0.3 is 0 Å². The van der Waals surface area contributed by atoms with Crippen LogP contribution in [-0.2, 0) is 13.1 Å². The van der Waals surface area contributed by atoms with E-state index in [-0.39, 0.29) is 0 Å². The third-order valence-electron chi connectivity index (χ3n) is 4.13. The molecule has 0 saturated carbocycles. The third-order valence-corrected chi connectivity index (χ3v) is 4.13. The summed E-state index contributed by atoms with van der Waals surface area (Å²) < 4.78 is 5.55. The number of hydrogen-bond acceptors (Lipinski definition) is 3. The predicted octanol–water partition coefficient (Wildman–Crippen LogP) is 3.00. The van der Waals surface area contributed by atoms with Gasteiger partial charge in [-0.3, -0.25) is 4.90 Å². The van der Waals surface area contributed by atoms with Crippen LogP contribution in [0.2, 0.25) is 0 Å². The molecule has 1 aliphatic heterocycles. The van der Waals surface area contributed by atoms with Crippen molar-refractivity contribution in [1.29, 1.82) is 0 Å². The summed E-state index contributed by atoms with van der Waals surface area (Å²) in [6.45, 7) is 8.59. The summed E-state index contributed by atoms with van der Waals surface area (Å²) >= 11 is 0. The van der Waals surface area contributed by atoms with E-state index < -0.39 is 0 Å². The molecule has 2 N–H and O–H groups in total. The molecule has 1 unspecified atom stereocenters. The van der Waals surface area contributed by atoms with E-state index in [4.69, 9.17) is 10.2 Å². The largest absolute Gasteiger partial charge is 0.468 e. The van der Waals surface area contributed by atoms with Gasteiger partial charge in [0.25, 0.3) is 0 Å². The maximum absolute atomic E-state index is 5.60. The second kappa shape index (κ2) is 6.39. The lowest BCUT2D eigenvalue weighted by molar-refractivity contribution is 0.244. The van der Waals surface area contributed by atoms with E-state index in [0.29, 0.717) is 6.54 Å². The van der Waals surface area contributed by atoms with E-state index in [0.717, 1.165) is 29.7 Å². The number of hydrogen-bond donors (Lipinski definition) is 1. The summed E-state index contributed by atoms with van der Waals surface area (Å²) in [4.78, 5) is 2.52. The molecule has 2 rings (SSSR count). The average molecular weight is 250 g/mol. The van der Waals surface area contributed by atoms with Crippen molar-refractivity contribution in [1.82, 2.24) is 4.90 Å². The Morgan fingerprint density at radius 1 is 1.39 bits per heavy atom. The van der Waals surface area contributed by atoms with Gasteiger partial charge in [0.15, 0.2) is 0 Å². The van der Waals surface area contributed by atoms with Gasteiger partial charge in [-0.1, -0.05) is 13.8 Å². The van der Waals surface area contributed by atoms with E-state index in [9.17, 15) is 0 Å². The van der Waals surface area contributed by atoms with E-state index in [1.54, 1.807) is 6.26 Å². The van der Waals surface area contributed by atoms with Crippen molar-refractivity contribution in [2.45, 2.75) is 46.2 Å². The highest BCUT2D eigenvalue weighted by molar-refractivity contribution is 5.12. The number of rotatable bonds is 4.